The standard InChI is InChI=1S/C48H42O14/c49-22-38-43(56)44(57)45(58)48(62-38)59-34-20-35(41-37(21-34)61-46(24-5-11-29(51)12-6-24)40(41)27-16-31(53)18-32(54)17-27)42-39-26(4-1-23-2-9-28(50)10-3-23)15-33(55)19-36(39)60-47(42)25-7-13-30(52)14-8-25/h1-21,38,40,42-58H,22H2/t38-,40-,42+,43-,44+,45-,46+,47-,48-/m1/s1. The molecule has 9 rings (SSSR count). The second-order valence-electron chi connectivity index (χ2n) is 15.6. The first-order valence-corrected chi connectivity index (χ1v) is 19.8. The zero-order valence-corrected chi connectivity index (χ0v) is 32.6. The van der Waals surface area contributed by atoms with Crippen molar-refractivity contribution < 1.29 is 70.0 Å². The topological polar surface area (TPSA) is 239 Å². The maximum atomic E-state index is 11.1. The van der Waals surface area contributed by atoms with E-state index >= 15 is 0 Å². The maximum Gasteiger partial charge on any atom is 0.229 e. The number of phenolic OH excluding ortho intramolecular Hbond substituents is 6. The molecule has 0 saturated carbocycles. The highest BCUT2D eigenvalue weighted by Crippen LogP contribution is 2.60. The van der Waals surface area contributed by atoms with E-state index in [-0.39, 0.29) is 46.0 Å². The van der Waals surface area contributed by atoms with Crippen molar-refractivity contribution in [2.75, 3.05) is 6.61 Å². The Morgan fingerprint density at radius 3 is 1.65 bits per heavy atom. The number of aliphatic hydroxyl groups excluding tert-OH is 4. The molecule has 14 nitrogen and oxygen atoms in total. The van der Waals surface area contributed by atoms with E-state index in [1.165, 1.54) is 48.5 Å². The van der Waals surface area contributed by atoms with E-state index < -0.39 is 61.4 Å². The largest absolute Gasteiger partial charge is 0.508 e. The summed E-state index contributed by atoms with van der Waals surface area (Å²) in [7, 11) is 0. The Labute approximate surface area is 354 Å². The molecule has 1 saturated heterocycles. The molecule has 0 unspecified atom stereocenters. The van der Waals surface area contributed by atoms with Gasteiger partial charge in [-0.15, -0.1) is 0 Å². The van der Waals surface area contributed by atoms with Gasteiger partial charge in [0.05, 0.1) is 18.4 Å². The van der Waals surface area contributed by atoms with E-state index in [9.17, 15) is 51.1 Å². The Hall–Kier alpha value is -6.94. The van der Waals surface area contributed by atoms with E-state index in [0.717, 1.165) is 5.56 Å². The lowest BCUT2D eigenvalue weighted by molar-refractivity contribution is -0.277. The van der Waals surface area contributed by atoms with Crippen molar-refractivity contribution in [1.82, 2.24) is 0 Å². The van der Waals surface area contributed by atoms with E-state index in [1.807, 2.05) is 6.08 Å². The van der Waals surface area contributed by atoms with E-state index in [0.29, 0.717) is 44.7 Å². The lowest BCUT2D eigenvalue weighted by atomic mass is 9.75. The monoisotopic (exact) mass is 842 g/mol. The Morgan fingerprint density at radius 1 is 0.500 bits per heavy atom. The minimum atomic E-state index is -1.75. The van der Waals surface area contributed by atoms with Crippen molar-refractivity contribution in [2.45, 2.75) is 54.7 Å². The minimum absolute atomic E-state index is 0.0132. The number of rotatable bonds is 9. The summed E-state index contributed by atoms with van der Waals surface area (Å²) in [5.74, 6) is -1.27. The second kappa shape index (κ2) is 16.2. The van der Waals surface area contributed by atoms with Gasteiger partial charge >= 0.3 is 0 Å². The molecule has 0 aliphatic carbocycles. The molecule has 0 aromatic heterocycles. The summed E-state index contributed by atoms with van der Waals surface area (Å²) in [6.45, 7) is -0.687. The molecule has 3 heterocycles. The van der Waals surface area contributed by atoms with Gasteiger partial charge in [-0.25, -0.2) is 0 Å². The van der Waals surface area contributed by atoms with Gasteiger partial charge in [0.15, 0.2) is 0 Å². The number of benzene rings is 6. The molecule has 0 amide bonds. The zero-order chi connectivity index (χ0) is 43.4. The van der Waals surface area contributed by atoms with E-state index in [2.05, 4.69) is 0 Å². The van der Waals surface area contributed by atoms with Gasteiger partial charge in [0.25, 0.3) is 0 Å². The Bertz CT molecular complexity index is 2610. The van der Waals surface area contributed by atoms with Crippen LogP contribution in [0.5, 0.6) is 51.7 Å². The van der Waals surface area contributed by atoms with Gasteiger partial charge in [-0.3, -0.25) is 0 Å². The van der Waals surface area contributed by atoms with Crippen molar-refractivity contribution >= 4 is 12.2 Å². The molecule has 0 spiro atoms. The number of hydrogen-bond donors (Lipinski definition) is 10. The van der Waals surface area contributed by atoms with E-state index in [4.69, 9.17) is 18.9 Å². The molecule has 6 aromatic carbocycles. The molecule has 3 aliphatic rings. The van der Waals surface area contributed by atoms with Gasteiger partial charge in [-0.1, -0.05) is 48.6 Å². The minimum Gasteiger partial charge on any atom is -0.508 e. The van der Waals surface area contributed by atoms with Gasteiger partial charge in [-0.2, -0.15) is 0 Å². The SMILES string of the molecule is OC[C@H]1O[C@@H](Oc2cc3c(c([C@H]4c5c(C=Cc6ccc(O)cc6)cc(O)cc5O[C@@H]4c4ccc(O)cc4)c2)[C@@H](c2cc(O)cc(O)c2)[C@H](c2ccc(O)cc2)O3)[C@H](O)[C@@H](O)[C@@H]1O. The van der Waals surface area contributed by atoms with Crippen LogP contribution >= 0.6 is 0 Å². The molecule has 0 radical (unpaired) electrons. The smallest absolute Gasteiger partial charge is 0.229 e. The quantitative estimate of drug-likeness (QED) is 0.0775. The first-order valence-electron chi connectivity index (χ1n) is 19.8. The van der Waals surface area contributed by atoms with Gasteiger partial charge in [-0.05, 0) is 94.0 Å². The molecule has 14 heteroatoms. The summed E-state index contributed by atoms with van der Waals surface area (Å²) in [5.41, 5.74) is 4.72. The van der Waals surface area contributed by atoms with Crippen LogP contribution in [0.15, 0.2) is 115 Å². The predicted octanol–water partition coefficient (Wildman–Crippen LogP) is 5.80. The average Bonchev–Trinajstić information content (AvgIpc) is 3.83. The zero-order valence-electron chi connectivity index (χ0n) is 32.6. The molecule has 6 aromatic rings. The second-order valence-corrected chi connectivity index (χ2v) is 15.6. The van der Waals surface area contributed by atoms with Crippen molar-refractivity contribution in [1.29, 1.82) is 0 Å². The highest BCUT2D eigenvalue weighted by atomic mass is 16.7. The lowest BCUT2D eigenvalue weighted by Gasteiger charge is -2.39. The van der Waals surface area contributed by atoms with Crippen molar-refractivity contribution in [3.63, 3.8) is 0 Å². The molecule has 0 bridgehead atoms. The summed E-state index contributed by atoms with van der Waals surface area (Å²) < 4.78 is 25.6. The third kappa shape index (κ3) is 7.54. The highest BCUT2D eigenvalue weighted by Gasteiger charge is 2.48. The van der Waals surface area contributed by atoms with Crippen LogP contribution in [0.25, 0.3) is 12.2 Å². The Balaban J connectivity index is 1.30. The molecular weight excluding hydrogens is 801 g/mol. The Kier molecular flexibility index (Phi) is 10.5. The van der Waals surface area contributed by atoms with E-state index in [1.54, 1.807) is 72.8 Å². The van der Waals surface area contributed by atoms with Crippen LogP contribution in [0.2, 0.25) is 0 Å². The van der Waals surface area contributed by atoms with Crippen LogP contribution in [0.4, 0.5) is 0 Å². The molecule has 62 heavy (non-hydrogen) atoms. The molecular formula is C48H42O14. The fourth-order valence-electron chi connectivity index (χ4n) is 8.67. The van der Waals surface area contributed by atoms with Gasteiger partial charge < -0.3 is 70.0 Å². The number of hydrogen-bond acceptors (Lipinski definition) is 14. The first kappa shape index (κ1) is 40.5. The number of ether oxygens (including phenoxy) is 4. The number of aromatic hydroxyl groups is 6. The molecule has 3 aliphatic heterocycles. The van der Waals surface area contributed by atoms with Crippen molar-refractivity contribution in [3.8, 4) is 51.7 Å². The summed E-state index contributed by atoms with van der Waals surface area (Å²) in [6, 6.07) is 30.0. The fourth-order valence-corrected chi connectivity index (χ4v) is 8.67. The number of phenols is 6. The van der Waals surface area contributed by atoms with Gasteiger partial charge in [0.2, 0.25) is 6.29 Å². The molecule has 1 fully saturated rings. The highest BCUT2D eigenvalue weighted by molar-refractivity contribution is 5.76. The van der Waals surface area contributed by atoms with Crippen LogP contribution < -0.4 is 14.2 Å². The summed E-state index contributed by atoms with van der Waals surface area (Å²) >= 11 is 0. The number of fused-ring (bicyclic) bond motifs is 2. The van der Waals surface area contributed by atoms with Gasteiger partial charge in [0, 0.05) is 29.3 Å². The summed E-state index contributed by atoms with van der Waals surface area (Å²) in [4.78, 5) is 0. The fraction of sp³-hybridized carbons (Fsp3) is 0.208. The van der Waals surface area contributed by atoms with Crippen molar-refractivity contribution in [2.24, 2.45) is 0 Å². The molecule has 9 atom stereocenters. The summed E-state index contributed by atoms with van der Waals surface area (Å²) in [6.07, 6.45) is -6.04. The van der Waals surface area contributed by atoms with Crippen LogP contribution in [-0.2, 0) is 4.74 Å². The average molecular weight is 843 g/mol. The maximum absolute atomic E-state index is 11.1. The number of aliphatic hydroxyl groups is 4. The molecule has 10 N–H and O–H groups in total. The van der Waals surface area contributed by atoms with Crippen LogP contribution in [0.3, 0.4) is 0 Å². The van der Waals surface area contributed by atoms with Gasteiger partial charge in [0.1, 0.15) is 88.4 Å². The van der Waals surface area contributed by atoms with Crippen molar-refractivity contribution in [3.05, 3.63) is 160 Å². The summed E-state index contributed by atoms with van der Waals surface area (Å²) in [5, 5.41) is 106. The predicted molar refractivity (Wildman–Crippen MR) is 222 cm³/mol. The Morgan fingerprint density at radius 2 is 1.05 bits per heavy atom. The van der Waals surface area contributed by atoms with Crippen LogP contribution in [0.1, 0.15) is 68.6 Å². The van der Waals surface area contributed by atoms with Crippen LogP contribution in [-0.4, -0.2) is 88.4 Å². The third-order valence-electron chi connectivity index (χ3n) is 11.6. The lowest BCUT2D eigenvalue weighted by Crippen LogP contribution is -2.60. The first-order chi connectivity index (χ1) is 29.8. The van der Waals surface area contributed by atoms with Crippen LogP contribution in [0, 0.1) is 0 Å². The third-order valence-corrected chi connectivity index (χ3v) is 11.6. The molecule has 318 valence electrons. The normalized spacial score (nSPS) is 25.2.